The highest BCUT2D eigenvalue weighted by molar-refractivity contribution is 6.42. The number of nitrogens with zero attached hydrogens (tertiary/aromatic N) is 1. The van der Waals surface area contributed by atoms with Crippen molar-refractivity contribution in [3.63, 3.8) is 0 Å². The van der Waals surface area contributed by atoms with Crippen LogP contribution in [0.1, 0.15) is 61.6 Å². The van der Waals surface area contributed by atoms with E-state index >= 15 is 0 Å². The molecule has 1 unspecified atom stereocenters. The number of amides is 2. The van der Waals surface area contributed by atoms with Crippen LogP contribution in [-0.2, 0) is 22.6 Å². The van der Waals surface area contributed by atoms with Crippen LogP contribution in [0.15, 0.2) is 72.8 Å². The first-order valence-electron chi connectivity index (χ1n) is 14.2. The SMILES string of the molecule is Cc1ccc(OCCCC(=O)N(Cc2ccc(Cl)c(Cl)c2)C(Cc2ccccc2)C(=O)NC2CCCCC2)cc1. The van der Waals surface area contributed by atoms with Crippen LogP contribution < -0.4 is 10.1 Å². The molecular weight excluding hydrogens is 543 g/mol. The van der Waals surface area contributed by atoms with Crippen LogP contribution in [-0.4, -0.2) is 35.4 Å². The van der Waals surface area contributed by atoms with E-state index in [-0.39, 0.29) is 30.8 Å². The molecule has 4 rings (SSSR count). The Morgan fingerprint density at radius 3 is 2.35 bits per heavy atom. The Labute approximate surface area is 247 Å². The number of carbonyl (C=O) groups is 2. The lowest BCUT2D eigenvalue weighted by molar-refractivity contribution is -0.141. The summed E-state index contributed by atoms with van der Waals surface area (Å²) in [5.74, 6) is 0.567. The minimum absolute atomic E-state index is 0.0988. The fraction of sp³-hybridized carbons (Fsp3) is 0.394. The number of hydrogen-bond donors (Lipinski definition) is 1. The van der Waals surface area contributed by atoms with Crippen LogP contribution >= 0.6 is 23.2 Å². The van der Waals surface area contributed by atoms with Gasteiger partial charge in [-0.25, -0.2) is 0 Å². The molecule has 5 nitrogen and oxygen atoms in total. The summed E-state index contributed by atoms with van der Waals surface area (Å²) in [6.07, 6.45) is 6.59. The first-order valence-corrected chi connectivity index (χ1v) is 14.9. The van der Waals surface area contributed by atoms with Crippen molar-refractivity contribution >= 4 is 35.0 Å². The summed E-state index contributed by atoms with van der Waals surface area (Å²) in [6.45, 7) is 2.69. The summed E-state index contributed by atoms with van der Waals surface area (Å²) in [7, 11) is 0. The van der Waals surface area contributed by atoms with E-state index in [9.17, 15) is 9.59 Å². The molecule has 1 atom stereocenters. The Morgan fingerprint density at radius 1 is 0.925 bits per heavy atom. The topological polar surface area (TPSA) is 58.6 Å². The predicted molar refractivity (Wildman–Crippen MR) is 162 cm³/mol. The molecule has 1 N–H and O–H groups in total. The number of halogens is 2. The molecule has 0 aliphatic heterocycles. The van der Waals surface area contributed by atoms with E-state index < -0.39 is 6.04 Å². The van der Waals surface area contributed by atoms with E-state index in [1.165, 1.54) is 6.42 Å². The van der Waals surface area contributed by atoms with Gasteiger partial charge in [-0.3, -0.25) is 9.59 Å². The van der Waals surface area contributed by atoms with E-state index in [0.29, 0.717) is 29.5 Å². The Bertz CT molecular complexity index is 1240. The number of rotatable bonds is 12. The highest BCUT2D eigenvalue weighted by atomic mass is 35.5. The second-order valence-electron chi connectivity index (χ2n) is 10.6. The zero-order chi connectivity index (χ0) is 28.3. The van der Waals surface area contributed by atoms with E-state index in [2.05, 4.69) is 5.32 Å². The molecule has 212 valence electrons. The predicted octanol–water partition coefficient (Wildman–Crippen LogP) is 7.55. The molecule has 0 heterocycles. The third kappa shape index (κ3) is 9.00. The van der Waals surface area contributed by atoms with Gasteiger partial charge in [-0.05, 0) is 61.6 Å². The van der Waals surface area contributed by atoms with Crippen LogP contribution in [0.3, 0.4) is 0 Å². The van der Waals surface area contributed by atoms with Gasteiger partial charge in [-0.1, -0.05) is 96.6 Å². The van der Waals surface area contributed by atoms with Crippen molar-refractivity contribution in [2.45, 2.75) is 76.9 Å². The smallest absolute Gasteiger partial charge is 0.243 e. The number of aryl methyl sites for hydroxylation is 1. The highest BCUT2D eigenvalue weighted by Crippen LogP contribution is 2.25. The van der Waals surface area contributed by atoms with Gasteiger partial charge in [0.2, 0.25) is 11.8 Å². The number of carbonyl (C=O) groups excluding carboxylic acids is 2. The summed E-state index contributed by atoms with van der Waals surface area (Å²) < 4.78 is 5.86. The lowest BCUT2D eigenvalue weighted by Gasteiger charge is -2.33. The monoisotopic (exact) mass is 580 g/mol. The van der Waals surface area contributed by atoms with E-state index in [4.69, 9.17) is 27.9 Å². The maximum Gasteiger partial charge on any atom is 0.243 e. The molecule has 0 radical (unpaired) electrons. The van der Waals surface area contributed by atoms with E-state index in [0.717, 1.165) is 48.1 Å². The summed E-state index contributed by atoms with van der Waals surface area (Å²) in [5, 5.41) is 4.14. The molecule has 3 aromatic rings. The van der Waals surface area contributed by atoms with Gasteiger partial charge in [-0.2, -0.15) is 0 Å². The number of hydrogen-bond acceptors (Lipinski definition) is 3. The van der Waals surface area contributed by atoms with Crippen molar-refractivity contribution in [3.8, 4) is 5.75 Å². The second kappa shape index (κ2) is 15.1. The maximum atomic E-state index is 13.8. The van der Waals surface area contributed by atoms with Gasteiger partial charge < -0.3 is 15.0 Å². The normalized spacial score (nSPS) is 14.4. The minimum atomic E-state index is -0.663. The summed E-state index contributed by atoms with van der Waals surface area (Å²) in [6, 6.07) is 22.5. The molecule has 3 aromatic carbocycles. The van der Waals surface area contributed by atoms with Crippen LogP contribution in [0, 0.1) is 6.92 Å². The minimum Gasteiger partial charge on any atom is -0.494 e. The van der Waals surface area contributed by atoms with Gasteiger partial charge in [0.1, 0.15) is 11.8 Å². The molecular formula is C33H38Cl2N2O3. The molecule has 7 heteroatoms. The molecule has 0 aromatic heterocycles. The van der Waals surface area contributed by atoms with Gasteiger partial charge >= 0.3 is 0 Å². The number of benzene rings is 3. The number of ether oxygens (including phenoxy) is 1. The van der Waals surface area contributed by atoms with E-state index in [1.807, 2.05) is 67.6 Å². The summed E-state index contributed by atoms with van der Waals surface area (Å²) >= 11 is 12.5. The molecule has 0 saturated heterocycles. The lowest BCUT2D eigenvalue weighted by atomic mass is 9.94. The lowest BCUT2D eigenvalue weighted by Crippen LogP contribution is -2.52. The number of nitrogens with one attached hydrogen (secondary N) is 1. The fourth-order valence-corrected chi connectivity index (χ4v) is 5.45. The third-order valence-corrected chi connectivity index (χ3v) is 8.12. The van der Waals surface area contributed by atoms with Gasteiger partial charge in [0.05, 0.1) is 16.7 Å². The Kier molecular flexibility index (Phi) is 11.3. The van der Waals surface area contributed by atoms with E-state index in [1.54, 1.807) is 17.0 Å². The standard InChI is InChI=1S/C33H38Cl2N2O3/c1-24-14-17-28(18-15-24)40-20-8-13-32(38)37(23-26-16-19-29(34)30(35)21-26)31(22-25-9-4-2-5-10-25)33(39)36-27-11-6-3-7-12-27/h2,4-5,9-10,14-19,21,27,31H,3,6-8,11-13,20,22-23H2,1H3,(H,36,39). The Hall–Kier alpha value is -3.02. The van der Waals surface area contributed by atoms with Gasteiger partial charge in [0, 0.05) is 25.4 Å². The van der Waals surface area contributed by atoms with Gasteiger partial charge in [0.15, 0.2) is 0 Å². The van der Waals surface area contributed by atoms with Crippen molar-refractivity contribution in [3.05, 3.63) is 99.5 Å². The summed E-state index contributed by atoms with van der Waals surface area (Å²) in [5.41, 5.74) is 2.99. The van der Waals surface area contributed by atoms with Crippen molar-refractivity contribution in [2.75, 3.05) is 6.61 Å². The zero-order valence-corrected chi connectivity index (χ0v) is 24.6. The third-order valence-electron chi connectivity index (χ3n) is 7.38. The molecule has 1 saturated carbocycles. The van der Waals surface area contributed by atoms with Crippen LogP contribution in [0.5, 0.6) is 5.75 Å². The molecule has 2 amide bonds. The maximum absolute atomic E-state index is 13.8. The Morgan fingerprint density at radius 2 is 1.65 bits per heavy atom. The van der Waals surface area contributed by atoms with Crippen molar-refractivity contribution in [1.82, 2.24) is 10.2 Å². The van der Waals surface area contributed by atoms with Crippen molar-refractivity contribution in [1.29, 1.82) is 0 Å². The van der Waals surface area contributed by atoms with Crippen LogP contribution in [0.4, 0.5) is 0 Å². The zero-order valence-electron chi connectivity index (χ0n) is 23.1. The average Bonchev–Trinajstić information content (AvgIpc) is 2.96. The van der Waals surface area contributed by atoms with Crippen molar-refractivity contribution < 1.29 is 14.3 Å². The fourth-order valence-electron chi connectivity index (χ4n) is 5.12. The largest absolute Gasteiger partial charge is 0.494 e. The van der Waals surface area contributed by atoms with Crippen LogP contribution in [0.2, 0.25) is 10.0 Å². The highest BCUT2D eigenvalue weighted by Gasteiger charge is 2.31. The van der Waals surface area contributed by atoms with Gasteiger partial charge in [-0.15, -0.1) is 0 Å². The molecule has 0 spiro atoms. The average molecular weight is 582 g/mol. The first kappa shape index (κ1) is 30.0. The molecule has 1 aliphatic carbocycles. The van der Waals surface area contributed by atoms with Crippen molar-refractivity contribution in [2.24, 2.45) is 0 Å². The first-order chi connectivity index (χ1) is 19.4. The molecule has 40 heavy (non-hydrogen) atoms. The molecule has 0 bridgehead atoms. The summed E-state index contributed by atoms with van der Waals surface area (Å²) in [4.78, 5) is 29.4. The van der Waals surface area contributed by atoms with Gasteiger partial charge in [0.25, 0.3) is 0 Å². The second-order valence-corrected chi connectivity index (χ2v) is 11.4. The quantitative estimate of drug-likeness (QED) is 0.225. The van der Waals surface area contributed by atoms with Crippen LogP contribution in [0.25, 0.3) is 0 Å². The molecule has 1 fully saturated rings. The molecule has 1 aliphatic rings. The Balaban J connectivity index is 1.53.